The van der Waals surface area contributed by atoms with E-state index in [1.54, 1.807) is 23.6 Å². The molecule has 3 rings (SSSR count). The second-order valence-electron chi connectivity index (χ2n) is 6.57. The maximum atomic E-state index is 12.4. The van der Waals surface area contributed by atoms with Gasteiger partial charge in [-0.25, -0.2) is 4.79 Å². The van der Waals surface area contributed by atoms with Crippen molar-refractivity contribution in [3.63, 3.8) is 0 Å². The first-order chi connectivity index (χ1) is 14.9. The van der Waals surface area contributed by atoms with Crippen molar-refractivity contribution >= 4 is 29.6 Å². The Labute approximate surface area is 182 Å². The molecule has 0 radical (unpaired) electrons. The number of furan rings is 1. The van der Waals surface area contributed by atoms with Crippen LogP contribution in [0.4, 0.5) is 4.79 Å². The van der Waals surface area contributed by atoms with Crippen LogP contribution in [0, 0.1) is 0 Å². The number of imide groups is 1. The van der Waals surface area contributed by atoms with Crippen molar-refractivity contribution < 1.29 is 18.8 Å². The monoisotopic (exact) mass is 442 g/mol. The fourth-order valence-electron chi connectivity index (χ4n) is 2.64. The Morgan fingerprint density at radius 1 is 1.16 bits per heavy atom. The second-order valence-corrected chi connectivity index (χ2v) is 7.88. The molecule has 1 unspecified atom stereocenters. The predicted octanol–water partition coefficient (Wildman–Crippen LogP) is 1.92. The van der Waals surface area contributed by atoms with Gasteiger partial charge in [0.1, 0.15) is 0 Å². The Morgan fingerprint density at radius 3 is 2.61 bits per heavy atom. The molecule has 11 heteroatoms. The number of carbonyl (C=O) groups excluding carboxylic acids is 3. The minimum absolute atomic E-state index is 0.0712. The van der Waals surface area contributed by atoms with Crippen LogP contribution in [0.2, 0.25) is 0 Å². The number of urea groups is 1. The van der Waals surface area contributed by atoms with Crippen LogP contribution in [-0.4, -0.2) is 37.9 Å². The van der Waals surface area contributed by atoms with Gasteiger partial charge in [-0.2, -0.15) is 0 Å². The number of amides is 4. The number of nitrogens with one attached hydrogen (secondary N) is 2. The lowest BCUT2D eigenvalue weighted by Crippen LogP contribution is -2.42. The van der Waals surface area contributed by atoms with Crippen molar-refractivity contribution in [3.05, 3.63) is 54.3 Å². The van der Waals surface area contributed by atoms with E-state index < -0.39 is 23.1 Å². The van der Waals surface area contributed by atoms with Gasteiger partial charge in [-0.05, 0) is 24.6 Å². The van der Waals surface area contributed by atoms with Crippen LogP contribution >= 0.6 is 11.8 Å². The summed E-state index contributed by atoms with van der Waals surface area (Å²) in [7, 11) is 0. The zero-order chi connectivity index (χ0) is 22.2. The molecule has 31 heavy (non-hydrogen) atoms. The average Bonchev–Trinajstić information content (AvgIpc) is 3.41. The molecule has 2 heterocycles. The first-order valence-corrected chi connectivity index (χ1v) is 10.4. The summed E-state index contributed by atoms with van der Waals surface area (Å²) in [6.07, 6.45) is 1.57. The van der Waals surface area contributed by atoms with Crippen molar-refractivity contribution in [2.45, 2.75) is 36.8 Å². The number of aromatic nitrogens is 3. The molecule has 0 bridgehead atoms. The number of carbonyl (C=O) groups is 3. The minimum atomic E-state index is -0.650. The molecule has 0 aliphatic heterocycles. The highest BCUT2D eigenvalue weighted by Crippen LogP contribution is 2.27. The standard InChI is InChI=1S/C20H22N6O4S/c1-13(18(28)23-19(29)22-12-14-6-3-2-4-7-14)31-20-25-24-17(15-8-5-11-30-15)26(20)10-9-16(21)27/h2-8,11,13H,9-10,12H2,1H3,(H2,21,27)(H2,22,23,28,29). The van der Waals surface area contributed by atoms with Gasteiger partial charge in [0.15, 0.2) is 16.7 Å². The lowest BCUT2D eigenvalue weighted by molar-refractivity contribution is -0.119. The summed E-state index contributed by atoms with van der Waals surface area (Å²) < 4.78 is 7.03. The molecular weight excluding hydrogens is 420 g/mol. The Hall–Kier alpha value is -3.60. The third kappa shape index (κ3) is 6.19. The lowest BCUT2D eigenvalue weighted by atomic mass is 10.2. The van der Waals surface area contributed by atoms with Gasteiger partial charge in [-0.3, -0.25) is 19.5 Å². The van der Waals surface area contributed by atoms with Crippen molar-refractivity contribution in [1.82, 2.24) is 25.4 Å². The molecule has 1 atom stereocenters. The van der Waals surface area contributed by atoms with Crippen molar-refractivity contribution in [3.8, 4) is 11.6 Å². The molecule has 162 valence electrons. The molecule has 0 aliphatic rings. The summed E-state index contributed by atoms with van der Waals surface area (Å²) in [5, 5.41) is 12.9. The smallest absolute Gasteiger partial charge is 0.321 e. The van der Waals surface area contributed by atoms with Gasteiger partial charge in [0.2, 0.25) is 11.8 Å². The molecule has 1 aromatic carbocycles. The quantitative estimate of drug-likeness (QED) is 0.429. The summed E-state index contributed by atoms with van der Waals surface area (Å²) in [5.41, 5.74) is 6.19. The predicted molar refractivity (Wildman–Crippen MR) is 114 cm³/mol. The fraction of sp³-hybridized carbons (Fsp3) is 0.250. The van der Waals surface area contributed by atoms with Crippen molar-refractivity contribution in [1.29, 1.82) is 0 Å². The van der Waals surface area contributed by atoms with E-state index in [-0.39, 0.29) is 13.0 Å². The molecule has 0 fully saturated rings. The number of hydrogen-bond acceptors (Lipinski definition) is 7. The van der Waals surface area contributed by atoms with Crippen LogP contribution < -0.4 is 16.4 Å². The minimum Gasteiger partial charge on any atom is -0.461 e. The average molecular weight is 443 g/mol. The number of hydrogen-bond donors (Lipinski definition) is 3. The van der Waals surface area contributed by atoms with Crippen molar-refractivity contribution in [2.75, 3.05) is 0 Å². The van der Waals surface area contributed by atoms with Crippen LogP contribution in [0.5, 0.6) is 0 Å². The summed E-state index contributed by atoms with van der Waals surface area (Å²) in [6.45, 7) is 2.17. The van der Waals surface area contributed by atoms with Crippen LogP contribution in [0.3, 0.4) is 0 Å². The zero-order valence-electron chi connectivity index (χ0n) is 16.8. The van der Waals surface area contributed by atoms with E-state index in [4.69, 9.17) is 10.2 Å². The number of nitrogens with zero attached hydrogens (tertiary/aromatic N) is 3. The molecule has 2 aromatic heterocycles. The molecule has 0 spiro atoms. The van der Waals surface area contributed by atoms with Gasteiger partial charge >= 0.3 is 6.03 Å². The van der Waals surface area contributed by atoms with E-state index in [0.717, 1.165) is 17.3 Å². The summed E-state index contributed by atoms with van der Waals surface area (Å²) in [6, 6.07) is 12.2. The Kier molecular flexibility index (Phi) is 7.44. The van der Waals surface area contributed by atoms with Crippen molar-refractivity contribution in [2.24, 2.45) is 5.73 Å². The number of benzene rings is 1. The molecule has 0 saturated heterocycles. The normalized spacial score (nSPS) is 11.6. The molecular formula is C20H22N6O4S. The first kappa shape index (κ1) is 22.1. The van der Waals surface area contributed by atoms with Gasteiger partial charge in [0, 0.05) is 19.5 Å². The molecule has 0 saturated carbocycles. The summed E-state index contributed by atoms with van der Waals surface area (Å²) >= 11 is 1.11. The second kappa shape index (κ2) is 10.4. The summed E-state index contributed by atoms with van der Waals surface area (Å²) in [5.74, 6) is -0.0707. The maximum absolute atomic E-state index is 12.4. The number of rotatable bonds is 9. The van der Waals surface area contributed by atoms with Gasteiger partial charge < -0.3 is 15.5 Å². The number of nitrogens with two attached hydrogens (primary N) is 1. The molecule has 3 aromatic rings. The Bertz CT molecular complexity index is 1040. The molecule has 0 aliphatic carbocycles. The van der Waals surface area contributed by atoms with Crippen LogP contribution in [0.1, 0.15) is 18.9 Å². The first-order valence-electron chi connectivity index (χ1n) is 9.48. The molecule has 4 amide bonds. The summed E-state index contributed by atoms with van der Waals surface area (Å²) in [4.78, 5) is 35.7. The van der Waals surface area contributed by atoms with E-state index in [1.165, 1.54) is 6.26 Å². The lowest BCUT2D eigenvalue weighted by Gasteiger charge is -2.13. The van der Waals surface area contributed by atoms with E-state index in [9.17, 15) is 14.4 Å². The van der Waals surface area contributed by atoms with Crippen LogP contribution in [0.15, 0.2) is 58.3 Å². The maximum Gasteiger partial charge on any atom is 0.321 e. The highest BCUT2D eigenvalue weighted by atomic mass is 32.2. The van der Waals surface area contributed by atoms with E-state index in [2.05, 4.69) is 20.8 Å². The molecule has 10 nitrogen and oxygen atoms in total. The van der Waals surface area contributed by atoms with Gasteiger partial charge in [-0.15, -0.1) is 10.2 Å². The third-order valence-corrected chi connectivity index (χ3v) is 5.30. The van der Waals surface area contributed by atoms with Gasteiger partial charge in [-0.1, -0.05) is 42.1 Å². The van der Waals surface area contributed by atoms with Gasteiger partial charge in [0.25, 0.3) is 0 Å². The topological polar surface area (TPSA) is 145 Å². The fourth-order valence-corrected chi connectivity index (χ4v) is 3.51. The zero-order valence-corrected chi connectivity index (χ0v) is 17.6. The SMILES string of the molecule is CC(Sc1nnc(-c2ccco2)n1CCC(N)=O)C(=O)NC(=O)NCc1ccccc1. The number of thioether (sulfide) groups is 1. The van der Waals surface area contributed by atoms with E-state index >= 15 is 0 Å². The molecule has 4 N–H and O–H groups in total. The van der Waals surface area contributed by atoms with Crippen LogP contribution in [0.25, 0.3) is 11.6 Å². The van der Waals surface area contributed by atoms with E-state index in [0.29, 0.717) is 23.3 Å². The number of primary amides is 1. The Balaban J connectivity index is 1.62. The third-order valence-electron chi connectivity index (χ3n) is 4.22. The Morgan fingerprint density at radius 2 is 1.94 bits per heavy atom. The van der Waals surface area contributed by atoms with Gasteiger partial charge in [0.05, 0.1) is 11.5 Å². The van der Waals surface area contributed by atoms with Crippen LogP contribution in [-0.2, 0) is 22.7 Å². The highest BCUT2D eigenvalue weighted by Gasteiger charge is 2.23. The van der Waals surface area contributed by atoms with E-state index in [1.807, 2.05) is 30.3 Å². The largest absolute Gasteiger partial charge is 0.461 e. The highest BCUT2D eigenvalue weighted by molar-refractivity contribution is 8.00.